The molecule has 1 aliphatic rings. The van der Waals surface area contributed by atoms with Crippen molar-refractivity contribution in [1.29, 1.82) is 0 Å². The quantitative estimate of drug-likeness (QED) is 0.187. The number of esters is 1. The van der Waals surface area contributed by atoms with Crippen LogP contribution in [0.4, 0.5) is 0 Å². The smallest absolute Gasteiger partial charge is 0.354 e. The molecule has 0 fully saturated rings. The molecular weight excluding hydrogens is 676 g/mol. The van der Waals surface area contributed by atoms with Crippen LogP contribution < -0.4 is 4.74 Å². The highest BCUT2D eigenvalue weighted by molar-refractivity contribution is 7.90. The summed E-state index contributed by atoms with van der Waals surface area (Å²) in [4.78, 5) is 15.6. The van der Waals surface area contributed by atoms with E-state index in [0.717, 1.165) is 55.4 Å². The number of rotatable bonds is 1. The number of hydrogen-bond acceptors (Lipinski definition) is 8. The number of methoxy groups -OCH3 is 1. The molecule has 11 nitrogen and oxygen atoms in total. The molecule has 50 heavy (non-hydrogen) atoms. The minimum absolute atomic E-state index is 0.182. The van der Waals surface area contributed by atoms with Crippen molar-refractivity contribution in [1.82, 2.24) is 29.0 Å². The average molecular weight is 715 g/mol. The highest BCUT2D eigenvalue weighted by Crippen LogP contribution is 2.42. The van der Waals surface area contributed by atoms with Gasteiger partial charge in [0.1, 0.15) is 11.4 Å². The summed E-state index contributed by atoms with van der Waals surface area (Å²) in [7, 11) is 5.12. The zero-order chi connectivity index (χ0) is 35.5. The van der Waals surface area contributed by atoms with Crippen molar-refractivity contribution in [2.24, 2.45) is 21.1 Å². The van der Waals surface area contributed by atoms with Crippen LogP contribution in [0.1, 0.15) is 45.2 Å². The Labute approximate surface area is 295 Å². The predicted octanol–water partition coefficient (Wildman–Crippen LogP) is 6.14. The van der Waals surface area contributed by atoms with Gasteiger partial charge in [0.2, 0.25) is 0 Å². The summed E-state index contributed by atoms with van der Waals surface area (Å²) in [6, 6.07) is 16.6. The zero-order valence-electron chi connectivity index (χ0n) is 28.9. The molecule has 4 heterocycles. The largest absolute Gasteiger partial charge is 0.493 e. The lowest BCUT2D eigenvalue weighted by Gasteiger charge is -2.16. The second-order valence-corrected chi connectivity index (χ2v) is 15.4. The number of ether oxygens (including phenoxy) is 2. The summed E-state index contributed by atoms with van der Waals surface area (Å²) in [6.07, 6.45) is 1.05. The predicted molar refractivity (Wildman–Crippen MR) is 193 cm³/mol. The fourth-order valence-corrected chi connectivity index (χ4v) is 8.86. The number of sulfone groups is 1. The van der Waals surface area contributed by atoms with Crippen LogP contribution >= 0.6 is 11.6 Å². The highest BCUT2D eigenvalue weighted by atomic mass is 35.5. The SMILES string of the molecule is COC(=O)c1c2c3ccc(Cl)c(c3n1C)-c1c(nn(C)c1C)CN(C)Cc1cc(n(C)n1)CS(=O)(=O)c1cc(c3ccccc3c1)OCCC2. The van der Waals surface area contributed by atoms with E-state index in [2.05, 4.69) is 10.00 Å². The van der Waals surface area contributed by atoms with Crippen LogP contribution in [0.5, 0.6) is 5.75 Å². The van der Waals surface area contributed by atoms with Gasteiger partial charge in [0.25, 0.3) is 0 Å². The topological polar surface area (TPSA) is 113 Å². The fourth-order valence-electron chi connectivity index (χ4n) is 7.19. The van der Waals surface area contributed by atoms with Gasteiger partial charge in [-0.15, -0.1) is 0 Å². The maximum atomic E-state index is 13.9. The zero-order valence-corrected chi connectivity index (χ0v) is 30.5. The van der Waals surface area contributed by atoms with Crippen LogP contribution in [0.2, 0.25) is 5.02 Å². The van der Waals surface area contributed by atoms with Crippen LogP contribution in [0, 0.1) is 6.92 Å². The van der Waals surface area contributed by atoms with Gasteiger partial charge < -0.3 is 14.0 Å². The molecule has 6 aromatic rings. The van der Waals surface area contributed by atoms with Gasteiger partial charge in [0.05, 0.1) is 52.0 Å². The van der Waals surface area contributed by atoms with Crippen molar-refractivity contribution in [3.8, 4) is 16.9 Å². The van der Waals surface area contributed by atoms with E-state index in [-0.39, 0.29) is 17.3 Å². The van der Waals surface area contributed by atoms with Crippen LogP contribution in [0.3, 0.4) is 0 Å². The Morgan fingerprint density at radius 2 is 1.72 bits per heavy atom. The van der Waals surface area contributed by atoms with E-state index in [0.29, 0.717) is 48.1 Å². The first-order valence-electron chi connectivity index (χ1n) is 16.4. The maximum Gasteiger partial charge on any atom is 0.354 e. The van der Waals surface area contributed by atoms with Gasteiger partial charge in [0, 0.05) is 61.8 Å². The molecule has 7 rings (SSSR count). The third-order valence-corrected chi connectivity index (χ3v) is 11.6. The summed E-state index contributed by atoms with van der Waals surface area (Å²) in [5.74, 6) is -0.173. The Kier molecular flexibility index (Phi) is 8.73. The molecule has 0 radical (unpaired) electrons. The van der Waals surface area contributed by atoms with Crippen LogP contribution in [0.15, 0.2) is 59.5 Å². The molecule has 3 aromatic heterocycles. The Hall–Kier alpha value is -4.65. The van der Waals surface area contributed by atoms with Crippen molar-refractivity contribution < 1.29 is 22.7 Å². The van der Waals surface area contributed by atoms with Gasteiger partial charge >= 0.3 is 5.97 Å². The van der Waals surface area contributed by atoms with E-state index in [9.17, 15) is 13.2 Å². The number of benzene rings is 3. The van der Waals surface area contributed by atoms with E-state index in [1.807, 2.05) is 79.8 Å². The van der Waals surface area contributed by atoms with Crippen molar-refractivity contribution in [3.63, 3.8) is 0 Å². The molecule has 260 valence electrons. The number of aromatic nitrogens is 5. The maximum absolute atomic E-state index is 13.9. The molecule has 3 aromatic carbocycles. The lowest BCUT2D eigenvalue weighted by molar-refractivity contribution is 0.0589. The Bertz CT molecular complexity index is 2430. The number of carbonyl (C=O) groups excluding carboxylic acids is 1. The molecule has 8 bridgehead atoms. The lowest BCUT2D eigenvalue weighted by Crippen LogP contribution is -2.18. The number of hydrogen-bond donors (Lipinski definition) is 0. The summed E-state index contributed by atoms with van der Waals surface area (Å²) in [5, 5.41) is 12.6. The van der Waals surface area contributed by atoms with Crippen LogP contribution in [0.25, 0.3) is 32.8 Å². The molecule has 0 saturated heterocycles. The summed E-state index contributed by atoms with van der Waals surface area (Å²) < 4.78 is 44.8. The number of aryl methyl sites for hydroxylation is 4. The highest BCUT2D eigenvalue weighted by Gasteiger charge is 2.28. The van der Waals surface area contributed by atoms with Gasteiger partial charge in [-0.3, -0.25) is 14.3 Å². The van der Waals surface area contributed by atoms with Crippen molar-refractivity contribution in [2.75, 3.05) is 20.8 Å². The van der Waals surface area contributed by atoms with Crippen molar-refractivity contribution in [3.05, 3.63) is 93.7 Å². The molecule has 13 heteroatoms. The van der Waals surface area contributed by atoms with Gasteiger partial charge in [0.15, 0.2) is 9.84 Å². The monoisotopic (exact) mass is 714 g/mol. The van der Waals surface area contributed by atoms with Gasteiger partial charge in [-0.1, -0.05) is 41.9 Å². The molecule has 0 atom stereocenters. The Morgan fingerprint density at radius 1 is 0.940 bits per heavy atom. The van der Waals surface area contributed by atoms with Gasteiger partial charge in [-0.05, 0) is 62.0 Å². The Morgan fingerprint density at radius 3 is 2.50 bits per heavy atom. The van der Waals surface area contributed by atoms with E-state index >= 15 is 0 Å². The minimum Gasteiger partial charge on any atom is -0.493 e. The Balaban J connectivity index is 1.42. The number of carbonyl (C=O) groups is 1. The number of halogens is 1. The molecule has 0 aliphatic carbocycles. The molecule has 0 N–H and O–H groups in total. The van der Waals surface area contributed by atoms with Gasteiger partial charge in [-0.25, -0.2) is 13.2 Å². The molecule has 1 aliphatic heterocycles. The van der Waals surface area contributed by atoms with Gasteiger partial charge in [-0.2, -0.15) is 10.2 Å². The number of nitrogens with zero attached hydrogens (tertiary/aromatic N) is 6. The second-order valence-electron chi connectivity index (χ2n) is 13.0. The first-order chi connectivity index (χ1) is 23.9. The lowest BCUT2D eigenvalue weighted by atomic mass is 9.98. The molecule has 0 unspecified atom stereocenters. The average Bonchev–Trinajstić information content (AvgIpc) is 3.66. The van der Waals surface area contributed by atoms with Crippen molar-refractivity contribution >= 4 is 49.1 Å². The summed E-state index contributed by atoms with van der Waals surface area (Å²) in [5.41, 5.74) is 6.84. The minimum atomic E-state index is -3.76. The van der Waals surface area contributed by atoms with Crippen LogP contribution in [-0.2, 0) is 61.0 Å². The summed E-state index contributed by atoms with van der Waals surface area (Å²) >= 11 is 7.05. The van der Waals surface area contributed by atoms with E-state index in [1.54, 1.807) is 23.9 Å². The van der Waals surface area contributed by atoms with Crippen LogP contribution in [-0.4, -0.2) is 64.2 Å². The molecular formula is C37H39ClN6O5S. The molecule has 0 amide bonds. The normalized spacial score (nSPS) is 15.5. The van der Waals surface area contributed by atoms with E-state index in [4.69, 9.17) is 26.2 Å². The first kappa shape index (κ1) is 33.8. The third-order valence-electron chi connectivity index (χ3n) is 9.65. The van der Waals surface area contributed by atoms with E-state index < -0.39 is 15.8 Å². The third kappa shape index (κ3) is 5.84. The standard InChI is InChI=1S/C37H39ClN6O5S/c1-22-33-31(40-43(22)4)20-41(2)19-24-17-25(44(5)39-24)21-50(46,47)26-16-23-10-7-8-11-27(23)32(18-26)49-15-9-12-28-29-13-14-30(38)34(33)35(29)42(3)36(28)37(45)48-6/h7-8,10-11,13-14,16-18H,9,12,15,19-21H2,1-6H3. The molecule has 0 spiro atoms. The molecule has 0 saturated carbocycles. The number of fused-ring (bicyclic) bond motifs is 8. The summed E-state index contributed by atoms with van der Waals surface area (Å²) in [6.45, 7) is 3.21. The fraction of sp³-hybridized carbons (Fsp3) is 0.324. The second kappa shape index (κ2) is 12.9. The van der Waals surface area contributed by atoms with Crippen molar-refractivity contribution in [2.45, 2.75) is 43.5 Å². The van der Waals surface area contributed by atoms with E-state index in [1.165, 1.54) is 7.11 Å². The first-order valence-corrected chi connectivity index (χ1v) is 18.4.